The number of hydrogen-bond acceptors (Lipinski definition) is 5. The third kappa shape index (κ3) is 3.19. The van der Waals surface area contributed by atoms with Crippen molar-refractivity contribution in [2.75, 3.05) is 6.61 Å². The molecule has 3 rings (SSSR count). The van der Waals surface area contributed by atoms with Gasteiger partial charge in [-0.05, 0) is 17.6 Å². The number of nitrogens with zero attached hydrogens (tertiary/aromatic N) is 1. The highest BCUT2D eigenvalue weighted by atomic mass is 19.1. The smallest absolute Gasteiger partial charge is 0.260 e. The summed E-state index contributed by atoms with van der Waals surface area (Å²) in [6.07, 6.45) is 0.114. The number of carbonyl (C=O) groups is 1. The second-order valence-corrected chi connectivity index (χ2v) is 6.61. The van der Waals surface area contributed by atoms with Gasteiger partial charge in [-0.3, -0.25) is 4.79 Å². The minimum Gasteiger partial charge on any atom is -0.490 e. The van der Waals surface area contributed by atoms with E-state index in [1.165, 1.54) is 18.2 Å². The van der Waals surface area contributed by atoms with E-state index in [9.17, 15) is 14.3 Å². The molecule has 1 atom stereocenters. The van der Waals surface area contributed by atoms with Crippen LogP contribution in [0.2, 0.25) is 0 Å². The van der Waals surface area contributed by atoms with Gasteiger partial charge in [0.1, 0.15) is 11.3 Å². The van der Waals surface area contributed by atoms with Crippen molar-refractivity contribution in [1.29, 1.82) is 0 Å². The minimum absolute atomic E-state index is 0.00197. The molecule has 7 heteroatoms. The maximum absolute atomic E-state index is 14.2. The van der Waals surface area contributed by atoms with Gasteiger partial charge in [-0.1, -0.05) is 20.8 Å². The van der Waals surface area contributed by atoms with Gasteiger partial charge in [0, 0.05) is 11.6 Å². The van der Waals surface area contributed by atoms with E-state index in [-0.39, 0.29) is 22.6 Å². The molecular weight excluding hydrogens is 303 g/mol. The van der Waals surface area contributed by atoms with Gasteiger partial charge in [0.25, 0.3) is 5.91 Å². The predicted molar refractivity (Wildman–Crippen MR) is 81.5 cm³/mol. The maximum atomic E-state index is 14.2. The van der Waals surface area contributed by atoms with E-state index >= 15 is 0 Å². The topological polar surface area (TPSA) is 80.2 Å². The number of nitrogens with one attached hydrogen (secondary N) is 1. The average Bonchev–Trinajstić information content (AvgIpc) is 2.42. The fraction of sp³-hybridized carbons (Fsp3) is 0.375. The molecule has 1 aromatic carbocycles. The van der Waals surface area contributed by atoms with E-state index in [0.29, 0.717) is 17.9 Å². The Balaban J connectivity index is 1.95. The van der Waals surface area contributed by atoms with Gasteiger partial charge in [0.15, 0.2) is 11.6 Å². The van der Waals surface area contributed by atoms with Crippen LogP contribution in [0.3, 0.4) is 0 Å². The van der Waals surface area contributed by atoms with Crippen LogP contribution in [-0.4, -0.2) is 29.9 Å². The fourth-order valence-corrected chi connectivity index (χ4v) is 2.13. The first-order valence-corrected chi connectivity index (χ1v) is 7.16. The Kier molecular flexibility index (Phi) is 3.60. The third-order valence-corrected chi connectivity index (χ3v) is 3.21. The molecule has 1 unspecified atom stereocenters. The molecule has 23 heavy (non-hydrogen) atoms. The number of rotatable bonds is 2. The summed E-state index contributed by atoms with van der Waals surface area (Å²) in [6.45, 7) is 6.27. The van der Waals surface area contributed by atoms with Crippen molar-refractivity contribution in [2.45, 2.75) is 27.1 Å². The number of ether oxygens (including phenoxy) is 2. The maximum Gasteiger partial charge on any atom is 0.260 e. The van der Waals surface area contributed by atoms with Crippen molar-refractivity contribution in [1.82, 2.24) is 5.32 Å². The van der Waals surface area contributed by atoms with Gasteiger partial charge < -0.3 is 19.9 Å². The normalized spacial score (nSPS) is 19.7. The second kappa shape index (κ2) is 5.34. The first-order chi connectivity index (χ1) is 10.7. The molecule has 0 fully saturated rings. The summed E-state index contributed by atoms with van der Waals surface area (Å²) < 4.78 is 25.2. The highest BCUT2D eigenvalue weighted by molar-refractivity contribution is 6.24. The van der Waals surface area contributed by atoms with Crippen LogP contribution in [0.5, 0.6) is 11.5 Å². The Labute approximate surface area is 132 Å². The molecule has 0 saturated carbocycles. The molecule has 2 aliphatic rings. The molecule has 1 amide bonds. The van der Waals surface area contributed by atoms with Crippen molar-refractivity contribution in [3.05, 3.63) is 29.1 Å². The standard InChI is InChI=1S/C16H17FN2O4/c1-16(2,3)7-22-12-6-11-8(5-10(12)17)4-9-13(20)18-15(21)19-14(9)23-11/h4-6,15,21H,7H2,1-3H3,(H,18,20). The van der Waals surface area contributed by atoms with Gasteiger partial charge in [-0.25, -0.2) is 4.39 Å². The van der Waals surface area contributed by atoms with Crippen molar-refractivity contribution in [2.24, 2.45) is 10.4 Å². The lowest BCUT2D eigenvalue weighted by atomic mass is 9.98. The summed E-state index contributed by atoms with van der Waals surface area (Å²) in [5, 5.41) is 11.7. The number of benzene rings is 1. The zero-order valence-electron chi connectivity index (χ0n) is 13.0. The van der Waals surface area contributed by atoms with Crippen LogP contribution in [0.25, 0.3) is 6.08 Å². The molecule has 122 valence electrons. The summed E-state index contributed by atoms with van der Waals surface area (Å²) in [6, 6.07) is 2.67. The molecule has 0 saturated heterocycles. The first-order valence-electron chi connectivity index (χ1n) is 7.16. The Morgan fingerprint density at radius 2 is 2.17 bits per heavy atom. The van der Waals surface area contributed by atoms with Crippen LogP contribution in [0.15, 0.2) is 22.7 Å². The largest absolute Gasteiger partial charge is 0.490 e. The predicted octanol–water partition coefficient (Wildman–Crippen LogP) is 1.83. The molecule has 1 aromatic rings. The molecule has 2 N–H and O–H groups in total. The quantitative estimate of drug-likeness (QED) is 0.871. The van der Waals surface area contributed by atoms with Crippen LogP contribution in [0, 0.1) is 11.2 Å². The highest BCUT2D eigenvalue weighted by Gasteiger charge is 2.31. The van der Waals surface area contributed by atoms with Crippen molar-refractivity contribution >= 4 is 17.9 Å². The van der Waals surface area contributed by atoms with Crippen LogP contribution >= 0.6 is 0 Å². The fourth-order valence-electron chi connectivity index (χ4n) is 2.13. The molecule has 0 bridgehead atoms. The van der Waals surface area contributed by atoms with Crippen molar-refractivity contribution in [3.63, 3.8) is 0 Å². The Morgan fingerprint density at radius 1 is 1.43 bits per heavy atom. The zero-order chi connectivity index (χ0) is 16.8. The average molecular weight is 320 g/mol. The first kappa shape index (κ1) is 15.5. The van der Waals surface area contributed by atoms with Gasteiger partial charge >= 0.3 is 0 Å². The van der Waals surface area contributed by atoms with E-state index in [1.807, 2.05) is 20.8 Å². The Morgan fingerprint density at radius 3 is 2.87 bits per heavy atom. The minimum atomic E-state index is -1.35. The Hall–Kier alpha value is -2.41. The van der Waals surface area contributed by atoms with E-state index < -0.39 is 18.1 Å². The third-order valence-electron chi connectivity index (χ3n) is 3.21. The number of aliphatic hydroxyl groups is 1. The van der Waals surface area contributed by atoms with Gasteiger partial charge in [0.05, 0.1) is 6.61 Å². The van der Waals surface area contributed by atoms with E-state index in [2.05, 4.69) is 10.3 Å². The van der Waals surface area contributed by atoms with Crippen LogP contribution < -0.4 is 14.8 Å². The van der Waals surface area contributed by atoms with E-state index in [1.54, 1.807) is 0 Å². The van der Waals surface area contributed by atoms with Gasteiger partial charge in [-0.2, -0.15) is 4.99 Å². The van der Waals surface area contributed by atoms with Crippen LogP contribution in [0.1, 0.15) is 26.3 Å². The lowest BCUT2D eigenvalue weighted by Crippen LogP contribution is -2.43. The molecule has 2 heterocycles. The summed E-state index contributed by atoms with van der Waals surface area (Å²) >= 11 is 0. The molecule has 2 aliphatic heterocycles. The Bertz CT molecular complexity index is 734. The van der Waals surface area contributed by atoms with Gasteiger partial charge in [-0.15, -0.1) is 0 Å². The summed E-state index contributed by atoms with van der Waals surface area (Å²) in [5.74, 6) is -0.675. The molecule has 0 radical (unpaired) electrons. The second-order valence-electron chi connectivity index (χ2n) is 6.61. The highest BCUT2D eigenvalue weighted by Crippen LogP contribution is 2.34. The van der Waals surface area contributed by atoms with Crippen LogP contribution in [0.4, 0.5) is 4.39 Å². The summed E-state index contributed by atoms with van der Waals surface area (Å²) in [7, 11) is 0. The molecule has 0 aromatic heterocycles. The summed E-state index contributed by atoms with van der Waals surface area (Å²) in [5.41, 5.74) is 0.433. The monoisotopic (exact) mass is 320 g/mol. The van der Waals surface area contributed by atoms with E-state index in [0.717, 1.165) is 0 Å². The van der Waals surface area contributed by atoms with Crippen molar-refractivity contribution in [3.8, 4) is 11.5 Å². The lowest BCUT2D eigenvalue weighted by Gasteiger charge is -2.25. The number of amides is 1. The molecule has 0 aliphatic carbocycles. The molecular formula is C16H17FN2O4. The van der Waals surface area contributed by atoms with Gasteiger partial charge in [0.2, 0.25) is 12.2 Å². The molecule has 0 spiro atoms. The number of aliphatic hydroxyl groups excluding tert-OH is 1. The van der Waals surface area contributed by atoms with Crippen LogP contribution in [-0.2, 0) is 4.79 Å². The number of carbonyl (C=O) groups excluding carboxylic acids is 1. The van der Waals surface area contributed by atoms with E-state index in [4.69, 9.17) is 9.47 Å². The number of fused-ring (bicyclic) bond motifs is 2. The lowest BCUT2D eigenvalue weighted by molar-refractivity contribution is -0.120. The number of aliphatic imine (C=N–C) groups is 1. The molecule has 6 nitrogen and oxygen atoms in total. The summed E-state index contributed by atoms with van der Waals surface area (Å²) in [4.78, 5) is 15.6. The number of hydrogen-bond donors (Lipinski definition) is 2. The zero-order valence-corrected chi connectivity index (χ0v) is 13.0. The van der Waals surface area contributed by atoms with Crippen molar-refractivity contribution < 1.29 is 23.8 Å². The SMILES string of the molecule is CC(C)(C)COc1cc2c(cc1F)C=C1C(=O)NC(O)N=C1O2. The number of halogens is 1.